The number of phenols is 1. The number of thioether (sulfide) groups is 1. The molecule has 1 aromatic carbocycles. The fourth-order valence-electron chi connectivity index (χ4n) is 2.26. The number of aliphatic hydroxyl groups is 1. The van der Waals surface area contributed by atoms with Gasteiger partial charge in [0.25, 0.3) is 0 Å². The molecule has 2 aromatic rings. The van der Waals surface area contributed by atoms with Crippen LogP contribution in [0.4, 0.5) is 0 Å². The molecule has 21 heavy (non-hydrogen) atoms. The molecule has 0 amide bonds. The van der Waals surface area contributed by atoms with E-state index in [0.717, 1.165) is 31.6 Å². The smallest absolute Gasteiger partial charge is 0.214 e. The van der Waals surface area contributed by atoms with Crippen LogP contribution in [-0.2, 0) is 0 Å². The fraction of sp³-hybridized carbons (Fsp3) is 0.462. The van der Waals surface area contributed by atoms with Crippen LogP contribution in [0.1, 0.15) is 12.8 Å². The Kier molecular flexibility index (Phi) is 4.09. The van der Waals surface area contributed by atoms with E-state index in [1.54, 1.807) is 28.9 Å². The summed E-state index contributed by atoms with van der Waals surface area (Å²) in [5, 5.41) is 35.4. The van der Waals surface area contributed by atoms with Crippen molar-refractivity contribution < 1.29 is 10.2 Å². The topological polar surface area (TPSA) is 96.1 Å². The first-order chi connectivity index (χ1) is 10.2. The molecule has 1 saturated heterocycles. The van der Waals surface area contributed by atoms with Gasteiger partial charge in [-0.15, -0.1) is 5.10 Å². The van der Waals surface area contributed by atoms with Crippen LogP contribution >= 0.6 is 11.8 Å². The quantitative estimate of drug-likeness (QED) is 0.711. The molecule has 0 unspecified atom stereocenters. The van der Waals surface area contributed by atoms with Crippen molar-refractivity contribution >= 4 is 11.8 Å². The van der Waals surface area contributed by atoms with Gasteiger partial charge in [0, 0.05) is 5.75 Å². The van der Waals surface area contributed by atoms with E-state index in [1.807, 2.05) is 0 Å². The summed E-state index contributed by atoms with van der Waals surface area (Å²) in [4.78, 5) is 0. The molecule has 1 fully saturated rings. The van der Waals surface area contributed by atoms with Gasteiger partial charge in [-0.3, -0.25) is 0 Å². The molecule has 0 atom stereocenters. The van der Waals surface area contributed by atoms with Gasteiger partial charge in [0.15, 0.2) is 0 Å². The van der Waals surface area contributed by atoms with Crippen LogP contribution in [0.15, 0.2) is 29.4 Å². The number of hydrogen-bond donors (Lipinski definition) is 3. The van der Waals surface area contributed by atoms with Gasteiger partial charge in [-0.1, -0.05) is 11.8 Å². The zero-order valence-electron chi connectivity index (χ0n) is 11.4. The number of benzene rings is 1. The summed E-state index contributed by atoms with van der Waals surface area (Å²) in [7, 11) is 0. The third-order valence-electron chi connectivity index (χ3n) is 3.54. The second-order valence-electron chi connectivity index (χ2n) is 5.15. The molecule has 0 saturated carbocycles. The highest BCUT2D eigenvalue weighted by Gasteiger charge is 2.30. The van der Waals surface area contributed by atoms with Crippen LogP contribution in [0.3, 0.4) is 0 Å². The third kappa shape index (κ3) is 3.34. The van der Waals surface area contributed by atoms with Crippen LogP contribution in [0.25, 0.3) is 5.69 Å². The summed E-state index contributed by atoms with van der Waals surface area (Å²) < 4.78 is 1.61. The van der Waals surface area contributed by atoms with E-state index in [2.05, 4.69) is 20.8 Å². The number of piperidine rings is 1. The van der Waals surface area contributed by atoms with Gasteiger partial charge in [-0.2, -0.15) is 4.68 Å². The summed E-state index contributed by atoms with van der Waals surface area (Å²) in [6.45, 7) is 1.67. The predicted octanol–water partition coefficient (Wildman–Crippen LogP) is 0.574. The summed E-state index contributed by atoms with van der Waals surface area (Å²) >= 11 is 1.44. The zero-order valence-corrected chi connectivity index (χ0v) is 12.3. The molecule has 0 aliphatic carbocycles. The number of rotatable bonds is 4. The molecular weight excluding hydrogens is 290 g/mol. The lowest BCUT2D eigenvalue weighted by Crippen LogP contribution is -2.43. The largest absolute Gasteiger partial charge is 0.508 e. The Morgan fingerprint density at radius 3 is 2.67 bits per heavy atom. The third-order valence-corrected chi connectivity index (χ3v) is 4.73. The molecule has 0 radical (unpaired) electrons. The van der Waals surface area contributed by atoms with E-state index >= 15 is 0 Å². The first kappa shape index (κ1) is 14.3. The molecule has 0 spiro atoms. The lowest BCUT2D eigenvalue weighted by molar-refractivity contribution is 0.0338. The SMILES string of the molecule is Oc1ccc(-n2nnnc2SCC2(O)CCNCC2)cc1. The molecule has 0 bridgehead atoms. The average Bonchev–Trinajstić information content (AvgIpc) is 2.95. The number of nitrogens with zero attached hydrogens (tertiary/aromatic N) is 4. The molecule has 8 heteroatoms. The Morgan fingerprint density at radius 2 is 1.95 bits per heavy atom. The standard InChI is InChI=1S/C13H17N5O2S/c19-11-3-1-10(2-4-11)18-12(15-16-17-18)21-9-13(20)5-7-14-8-6-13/h1-4,14,19-20H,5-9H2. The highest BCUT2D eigenvalue weighted by atomic mass is 32.2. The highest BCUT2D eigenvalue weighted by Crippen LogP contribution is 2.28. The number of aromatic nitrogens is 4. The Balaban J connectivity index is 1.72. The number of tetrazole rings is 1. The molecule has 1 aliphatic heterocycles. The second kappa shape index (κ2) is 6.00. The van der Waals surface area contributed by atoms with Crippen LogP contribution in [0, 0.1) is 0 Å². The van der Waals surface area contributed by atoms with Gasteiger partial charge in [0.2, 0.25) is 5.16 Å². The summed E-state index contributed by atoms with van der Waals surface area (Å²) in [5.74, 6) is 0.762. The molecule has 2 heterocycles. The van der Waals surface area contributed by atoms with Crippen LogP contribution in [0.2, 0.25) is 0 Å². The lowest BCUT2D eigenvalue weighted by atomic mass is 9.95. The van der Waals surface area contributed by atoms with Gasteiger partial charge in [-0.25, -0.2) is 0 Å². The van der Waals surface area contributed by atoms with Crippen molar-refractivity contribution in [2.45, 2.75) is 23.6 Å². The van der Waals surface area contributed by atoms with Crippen molar-refractivity contribution in [1.82, 2.24) is 25.5 Å². The predicted molar refractivity (Wildman–Crippen MR) is 78.6 cm³/mol. The normalized spacial score (nSPS) is 17.8. The van der Waals surface area contributed by atoms with Gasteiger partial charge < -0.3 is 15.5 Å². The van der Waals surface area contributed by atoms with Crippen molar-refractivity contribution in [3.8, 4) is 11.4 Å². The minimum absolute atomic E-state index is 0.199. The maximum Gasteiger partial charge on any atom is 0.214 e. The molecule has 3 rings (SSSR count). The molecular formula is C13H17N5O2S. The van der Waals surface area contributed by atoms with Crippen LogP contribution in [0.5, 0.6) is 5.75 Å². The lowest BCUT2D eigenvalue weighted by Gasteiger charge is -2.31. The minimum Gasteiger partial charge on any atom is -0.508 e. The van der Waals surface area contributed by atoms with Gasteiger partial charge in [0.1, 0.15) is 5.75 Å². The molecule has 112 valence electrons. The van der Waals surface area contributed by atoms with Gasteiger partial charge in [0.05, 0.1) is 11.3 Å². The zero-order chi connectivity index (χ0) is 14.7. The molecule has 7 nitrogen and oxygen atoms in total. The Hall–Kier alpha value is -1.64. The van der Waals surface area contributed by atoms with E-state index in [1.165, 1.54) is 11.8 Å². The molecule has 1 aromatic heterocycles. The highest BCUT2D eigenvalue weighted by molar-refractivity contribution is 7.99. The first-order valence-corrected chi connectivity index (χ1v) is 7.79. The summed E-state index contributed by atoms with van der Waals surface area (Å²) in [6, 6.07) is 6.67. The van der Waals surface area contributed by atoms with Crippen molar-refractivity contribution in [3.05, 3.63) is 24.3 Å². The minimum atomic E-state index is -0.665. The average molecular weight is 307 g/mol. The van der Waals surface area contributed by atoms with E-state index in [0.29, 0.717) is 10.9 Å². The summed E-state index contributed by atoms with van der Waals surface area (Å²) in [6.07, 6.45) is 1.47. The van der Waals surface area contributed by atoms with Gasteiger partial charge in [-0.05, 0) is 60.6 Å². The van der Waals surface area contributed by atoms with E-state index in [9.17, 15) is 10.2 Å². The van der Waals surface area contributed by atoms with E-state index in [4.69, 9.17) is 0 Å². The van der Waals surface area contributed by atoms with Gasteiger partial charge >= 0.3 is 0 Å². The van der Waals surface area contributed by atoms with Crippen molar-refractivity contribution in [2.75, 3.05) is 18.8 Å². The van der Waals surface area contributed by atoms with E-state index < -0.39 is 5.60 Å². The Morgan fingerprint density at radius 1 is 1.24 bits per heavy atom. The Labute approximate surface area is 126 Å². The van der Waals surface area contributed by atoms with E-state index in [-0.39, 0.29) is 5.75 Å². The van der Waals surface area contributed by atoms with Crippen molar-refractivity contribution in [1.29, 1.82) is 0 Å². The molecule has 1 aliphatic rings. The first-order valence-electron chi connectivity index (χ1n) is 6.80. The van der Waals surface area contributed by atoms with Crippen molar-refractivity contribution in [3.63, 3.8) is 0 Å². The summed E-state index contributed by atoms with van der Waals surface area (Å²) in [5.41, 5.74) is 0.111. The Bertz CT molecular complexity index is 595. The number of phenolic OH excluding ortho intramolecular Hbond substituents is 1. The van der Waals surface area contributed by atoms with Crippen LogP contribution < -0.4 is 5.32 Å². The number of aromatic hydroxyl groups is 1. The number of hydrogen-bond acceptors (Lipinski definition) is 7. The maximum absolute atomic E-state index is 10.5. The van der Waals surface area contributed by atoms with Crippen LogP contribution in [-0.4, -0.2) is 54.9 Å². The maximum atomic E-state index is 10.5. The monoisotopic (exact) mass is 307 g/mol. The molecule has 3 N–H and O–H groups in total. The fourth-order valence-corrected chi connectivity index (χ4v) is 3.31. The van der Waals surface area contributed by atoms with Crippen molar-refractivity contribution in [2.24, 2.45) is 0 Å². The number of nitrogens with one attached hydrogen (secondary N) is 1. The second-order valence-corrected chi connectivity index (χ2v) is 6.10.